The van der Waals surface area contributed by atoms with Gasteiger partial charge in [0.05, 0.1) is 5.56 Å². The van der Waals surface area contributed by atoms with Gasteiger partial charge in [0.15, 0.2) is 0 Å². The van der Waals surface area contributed by atoms with Crippen LogP contribution in [0.25, 0.3) is 0 Å². The Morgan fingerprint density at radius 2 is 1.88 bits per heavy atom. The van der Waals surface area contributed by atoms with Gasteiger partial charge in [0.25, 0.3) is 0 Å². The molecule has 0 unspecified atom stereocenters. The number of nitrogens with two attached hydrogens (primary N) is 1. The predicted molar refractivity (Wildman–Crippen MR) is 127 cm³/mol. The number of nitrogens with zero attached hydrogens (tertiary/aromatic N) is 2. The third-order valence-electron chi connectivity index (χ3n) is 6.15. The molecule has 0 aromatic heterocycles. The van der Waals surface area contributed by atoms with Crippen LogP contribution in [0.3, 0.4) is 0 Å². The molecule has 3 aromatic rings. The Labute approximate surface area is 193 Å². The van der Waals surface area contributed by atoms with E-state index in [1.807, 2.05) is 39.0 Å². The van der Waals surface area contributed by atoms with E-state index in [9.17, 15) is 14.9 Å². The molecular weight excluding hydrogens is 414 g/mol. The van der Waals surface area contributed by atoms with Gasteiger partial charge in [0.1, 0.15) is 17.6 Å². The minimum Gasteiger partial charge on any atom is -0.456 e. The van der Waals surface area contributed by atoms with E-state index in [4.69, 9.17) is 10.5 Å². The first-order valence-electron chi connectivity index (χ1n) is 10.8. The molecule has 0 bridgehead atoms. The van der Waals surface area contributed by atoms with E-state index in [-0.39, 0.29) is 11.8 Å². The van der Waals surface area contributed by atoms with Crippen molar-refractivity contribution in [2.24, 2.45) is 5.73 Å². The predicted octanol–water partition coefficient (Wildman–Crippen LogP) is 4.90. The fourth-order valence-corrected chi connectivity index (χ4v) is 4.20. The summed E-state index contributed by atoms with van der Waals surface area (Å²) in [6, 6.07) is 18.5. The maximum Gasteiger partial charge on any atom is 0.248 e. The average Bonchev–Trinajstić information content (AvgIpc) is 3.18. The van der Waals surface area contributed by atoms with Gasteiger partial charge in [-0.25, -0.2) is 0 Å². The number of amides is 2. The first kappa shape index (κ1) is 22.1. The van der Waals surface area contributed by atoms with Gasteiger partial charge in [-0.3, -0.25) is 9.59 Å². The molecule has 33 heavy (non-hydrogen) atoms. The second kappa shape index (κ2) is 8.79. The van der Waals surface area contributed by atoms with Crippen LogP contribution < -0.4 is 15.4 Å². The second-order valence-electron chi connectivity index (χ2n) is 8.49. The summed E-state index contributed by atoms with van der Waals surface area (Å²) >= 11 is 0. The molecule has 0 aliphatic carbocycles. The lowest BCUT2D eigenvalue weighted by molar-refractivity contribution is -0.117. The molecule has 4 rings (SSSR count). The minimum atomic E-state index is -0.532. The number of ether oxygens (including phenoxy) is 1. The van der Waals surface area contributed by atoms with Gasteiger partial charge < -0.3 is 15.4 Å². The van der Waals surface area contributed by atoms with E-state index < -0.39 is 5.91 Å². The lowest BCUT2D eigenvalue weighted by Crippen LogP contribution is -2.24. The molecule has 6 nitrogen and oxygen atoms in total. The highest BCUT2D eigenvalue weighted by molar-refractivity contribution is 5.99. The summed E-state index contributed by atoms with van der Waals surface area (Å²) in [6.07, 6.45) is 0.328. The summed E-state index contributed by atoms with van der Waals surface area (Å²) < 4.78 is 6.20. The third kappa shape index (κ3) is 4.44. The Bertz CT molecular complexity index is 1310. The summed E-state index contributed by atoms with van der Waals surface area (Å²) in [5, 5.41) is 9.60. The van der Waals surface area contributed by atoms with Crippen LogP contribution in [0.5, 0.6) is 11.5 Å². The van der Waals surface area contributed by atoms with Crippen molar-refractivity contribution >= 4 is 17.5 Å². The molecule has 1 aliphatic rings. The van der Waals surface area contributed by atoms with Crippen LogP contribution in [-0.4, -0.2) is 18.4 Å². The molecule has 1 saturated heterocycles. The van der Waals surface area contributed by atoms with E-state index in [2.05, 4.69) is 12.1 Å². The number of carbonyl (C=O) groups excluding carboxylic acids is 2. The van der Waals surface area contributed by atoms with Gasteiger partial charge in [0, 0.05) is 30.1 Å². The summed E-state index contributed by atoms with van der Waals surface area (Å²) in [5.41, 5.74) is 11.0. The third-order valence-corrected chi connectivity index (χ3v) is 6.15. The summed E-state index contributed by atoms with van der Waals surface area (Å²) in [6.45, 7) is 6.50. The zero-order valence-corrected chi connectivity index (χ0v) is 18.9. The zero-order chi connectivity index (χ0) is 23.7. The van der Waals surface area contributed by atoms with Gasteiger partial charge in [0.2, 0.25) is 11.8 Å². The maximum atomic E-state index is 12.8. The fraction of sp³-hybridized carbons (Fsp3) is 0.222. The van der Waals surface area contributed by atoms with Crippen LogP contribution >= 0.6 is 0 Å². The first-order chi connectivity index (χ1) is 15.8. The van der Waals surface area contributed by atoms with Crippen molar-refractivity contribution in [1.29, 1.82) is 5.26 Å². The fourth-order valence-electron chi connectivity index (χ4n) is 4.20. The molecule has 1 atom stereocenters. The van der Waals surface area contributed by atoms with Gasteiger partial charge >= 0.3 is 0 Å². The van der Waals surface area contributed by atoms with Crippen LogP contribution in [0, 0.1) is 32.1 Å². The lowest BCUT2D eigenvalue weighted by Gasteiger charge is -2.18. The molecule has 0 saturated carbocycles. The summed E-state index contributed by atoms with van der Waals surface area (Å²) in [4.78, 5) is 26.0. The lowest BCUT2D eigenvalue weighted by atomic mass is 9.96. The Morgan fingerprint density at radius 3 is 2.61 bits per heavy atom. The highest BCUT2D eigenvalue weighted by Gasteiger charge is 2.32. The van der Waals surface area contributed by atoms with Gasteiger partial charge in [-0.05, 0) is 79.4 Å². The van der Waals surface area contributed by atoms with Gasteiger partial charge in [-0.15, -0.1) is 0 Å². The zero-order valence-electron chi connectivity index (χ0n) is 18.9. The van der Waals surface area contributed by atoms with Crippen molar-refractivity contribution in [2.45, 2.75) is 33.1 Å². The number of rotatable bonds is 5. The van der Waals surface area contributed by atoms with Crippen LogP contribution in [0.2, 0.25) is 0 Å². The van der Waals surface area contributed by atoms with E-state index in [1.54, 1.807) is 35.2 Å². The number of benzene rings is 3. The number of hydrogen-bond donors (Lipinski definition) is 1. The van der Waals surface area contributed by atoms with Crippen molar-refractivity contribution in [3.8, 4) is 17.6 Å². The SMILES string of the molecule is Cc1cc(C)c(C)c(Oc2cc([C@H]3CC(=O)N(c4cccc(C(N)=O)c4)C3)ccc2C#N)c1. The summed E-state index contributed by atoms with van der Waals surface area (Å²) in [5.74, 6) is 0.567. The van der Waals surface area contributed by atoms with Crippen molar-refractivity contribution in [2.75, 3.05) is 11.4 Å². The Balaban J connectivity index is 1.63. The molecule has 1 heterocycles. The number of primary amides is 1. The Kier molecular flexibility index (Phi) is 5.89. The highest BCUT2D eigenvalue weighted by Crippen LogP contribution is 2.36. The molecule has 2 N–H and O–H groups in total. The quantitative estimate of drug-likeness (QED) is 0.612. The number of nitriles is 1. The van der Waals surface area contributed by atoms with Crippen molar-refractivity contribution in [3.05, 3.63) is 88.0 Å². The molecule has 2 amide bonds. The normalized spacial score (nSPS) is 15.4. The molecule has 6 heteroatoms. The first-order valence-corrected chi connectivity index (χ1v) is 10.8. The van der Waals surface area contributed by atoms with Gasteiger partial charge in [-0.2, -0.15) is 5.26 Å². The number of anilines is 1. The van der Waals surface area contributed by atoms with Crippen molar-refractivity contribution in [1.82, 2.24) is 0 Å². The summed E-state index contributed by atoms with van der Waals surface area (Å²) in [7, 11) is 0. The topological polar surface area (TPSA) is 96.4 Å². The molecule has 166 valence electrons. The molecule has 1 aliphatic heterocycles. The van der Waals surface area contributed by atoms with E-state index >= 15 is 0 Å². The minimum absolute atomic E-state index is 0.0291. The molecule has 0 spiro atoms. The van der Waals surface area contributed by atoms with Crippen LogP contribution in [0.15, 0.2) is 54.6 Å². The molecular formula is C27H25N3O3. The van der Waals surface area contributed by atoms with E-state index in [0.29, 0.717) is 41.3 Å². The smallest absolute Gasteiger partial charge is 0.248 e. The van der Waals surface area contributed by atoms with E-state index in [0.717, 1.165) is 22.3 Å². The molecule has 0 radical (unpaired) electrons. The highest BCUT2D eigenvalue weighted by atomic mass is 16.5. The van der Waals surface area contributed by atoms with Crippen molar-refractivity contribution in [3.63, 3.8) is 0 Å². The van der Waals surface area contributed by atoms with Gasteiger partial charge in [-0.1, -0.05) is 18.2 Å². The number of aryl methyl sites for hydroxylation is 2. The average molecular weight is 440 g/mol. The standard InChI is InChI=1S/C27H25N3O3/c1-16-9-17(2)18(3)24(10-16)33-25-12-19(7-8-21(25)14-28)22-13-26(31)30(15-22)23-6-4-5-20(11-23)27(29)32/h4-12,22H,13,15H2,1-3H3,(H2,29,32)/t22-/m0/s1. The van der Waals surface area contributed by atoms with Crippen molar-refractivity contribution < 1.29 is 14.3 Å². The largest absolute Gasteiger partial charge is 0.456 e. The second-order valence-corrected chi connectivity index (χ2v) is 8.49. The molecule has 3 aromatic carbocycles. The van der Waals surface area contributed by atoms with E-state index in [1.165, 1.54) is 0 Å². The van der Waals surface area contributed by atoms with Crippen LogP contribution in [-0.2, 0) is 4.79 Å². The maximum absolute atomic E-state index is 12.8. The number of hydrogen-bond acceptors (Lipinski definition) is 4. The monoisotopic (exact) mass is 439 g/mol. The Morgan fingerprint density at radius 1 is 1.09 bits per heavy atom. The number of carbonyl (C=O) groups is 2. The van der Waals surface area contributed by atoms with Crippen LogP contribution in [0.1, 0.15) is 50.5 Å². The van der Waals surface area contributed by atoms with Crippen LogP contribution in [0.4, 0.5) is 5.69 Å². The molecule has 1 fully saturated rings. The Hall–Kier alpha value is -4.11.